The first kappa shape index (κ1) is 14.6. The number of methoxy groups -OCH3 is 2. The van der Waals surface area contributed by atoms with Gasteiger partial charge in [0.2, 0.25) is 0 Å². The van der Waals surface area contributed by atoms with Gasteiger partial charge < -0.3 is 19.5 Å². The molecule has 19 heavy (non-hydrogen) atoms. The fourth-order valence-corrected chi connectivity index (χ4v) is 3.19. The van der Waals surface area contributed by atoms with Gasteiger partial charge in [0.25, 0.3) is 0 Å². The molecule has 0 spiro atoms. The highest BCUT2D eigenvalue weighted by Crippen LogP contribution is 2.43. The third-order valence-electron chi connectivity index (χ3n) is 3.35. The summed E-state index contributed by atoms with van der Waals surface area (Å²) in [4.78, 5) is 0. The van der Waals surface area contributed by atoms with E-state index in [1.165, 1.54) is 0 Å². The van der Waals surface area contributed by atoms with Crippen LogP contribution in [0.4, 0.5) is 0 Å². The molecular formula is C14H20BrNO3. The van der Waals surface area contributed by atoms with Crippen molar-refractivity contribution in [2.45, 2.75) is 19.4 Å². The Balaban J connectivity index is 2.49. The summed E-state index contributed by atoms with van der Waals surface area (Å²) >= 11 is 3.58. The second-order valence-electron chi connectivity index (χ2n) is 4.42. The molecule has 106 valence electrons. The minimum Gasteiger partial charge on any atom is -0.495 e. The fraction of sp³-hybridized carbons (Fsp3) is 0.571. The molecule has 1 aromatic rings. The number of rotatable bonds is 4. The number of hydrogen-bond acceptors (Lipinski definition) is 4. The Hall–Kier alpha value is -0.780. The molecule has 1 N–H and O–H groups in total. The van der Waals surface area contributed by atoms with Crippen molar-refractivity contribution < 1.29 is 14.2 Å². The average Bonchev–Trinajstić information content (AvgIpc) is 2.47. The first-order valence-electron chi connectivity index (χ1n) is 6.48. The van der Waals surface area contributed by atoms with Crippen LogP contribution in [-0.4, -0.2) is 33.9 Å². The highest BCUT2D eigenvalue weighted by atomic mass is 79.9. The molecular weight excluding hydrogens is 310 g/mol. The van der Waals surface area contributed by atoms with Crippen LogP contribution in [0.25, 0.3) is 0 Å². The van der Waals surface area contributed by atoms with Gasteiger partial charge in [-0.25, -0.2) is 0 Å². The Morgan fingerprint density at radius 2 is 2.11 bits per heavy atom. The molecule has 0 radical (unpaired) electrons. The van der Waals surface area contributed by atoms with E-state index < -0.39 is 0 Å². The summed E-state index contributed by atoms with van der Waals surface area (Å²) in [6.45, 7) is 4.54. The second-order valence-corrected chi connectivity index (χ2v) is 5.22. The van der Waals surface area contributed by atoms with E-state index in [1.54, 1.807) is 14.2 Å². The zero-order valence-electron chi connectivity index (χ0n) is 11.6. The number of morpholine rings is 1. The van der Waals surface area contributed by atoms with Crippen LogP contribution < -0.4 is 14.8 Å². The van der Waals surface area contributed by atoms with E-state index in [2.05, 4.69) is 34.2 Å². The second kappa shape index (κ2) is 6.59. The Kier molecular flexibility index (Phi) is 5.07. The SMILES string of the molecule is CCc1cc(C2CNCCO2)c(OC)c(Br)c1OC. The number of benzene rings is 1. The molecule has 0 amide bonds. The third kappa shape index (κ3) is 2.88. The summed E-state index contributed by atoms with van der Waals surface area (Å²) < 4.78 is 17.7. The lowest BCUT2D eigenvalue weighted by molar-refractivity contribution is 0.0261. The van der Waals surface area contributed by atoms with Crippen molar-refractivity contribution in [1.82, 2.24) is 5.32 Å². The Morgan fingerprint density at radius 1 is 1.37 bits per heavy atom. The number of ether oxygens (including phenoxy) is 3. The van der Waals surface area contributed by atoms with E-state index in [9.17, 15) is 0 Å². The van der Waals surface area contributed by atoms with Crippen LogP contribution in [0.1, 0.15) is 24.2 Å². The molecule has 1 atom stereocenters. The van der Waals surface area contributed by atoms with E-state index in [1.807, 2.05) is 0 Å². The van der Waals surface area contributed by atoms with Gasteiger partial charge in [-0.05, 0) is 34.0 Å². The maximum absolute atomic E-state index is 5.83. The zero-order chi connectivity index (χ0) is 13.8. The summed E-state index contributed by atoms with van der Waals surface area (Å²) in [5.41, 5.74) is 2.22. The van der Waals surface area contributed by atoms with E-state index in [4.69, 9.17) is 14.2 Å². The lowest BCUT2D eigenvalue weighted by Crippen LogP contribution is -2.33. The highest BCUT2D eigenvalue weighted by Gasteiger charge is 2.24. The minimum atomic E-state index is 0.0243. The number of hydrogen-bond donors (Lipinski definition) is 1. The van der Waals surface area contributed by atoms with E-state index in [-0.39, 0.29) is 6.10 Å². The Morgan fingerprint density at radius 3 is 2.63 bits per heavy atom. The van der Waals surface area contributed by atoms with E-state index >= 15 is 0 Å². The first-order valence-corrected chi connectivity index (χ1v) is 7.27. The van der Waals surface area contributed by atoms with Crippen molar-refractivity contribution in [1.29, 1.82) is 0 Å². The third-order valence-corrected chi connectivity index (χ3v) is 4.07. The van der Waals surface area contributed by atoms with E-state index in [0.717, 1.165) is 53.2 Å². The van der Waals surface area contributed by atoms with Gasteiger partial charge in [0.05, 0.1) is 26.9 Å². The maximum atomic E-state index is 5.83. The molecule has 0 saturated carbocycles. The van der Waals surface area contributed by atoms with Crippen LogP contribution in [0.15, 0.2) is 10.5 Å². The van der Waals surface area contributed by atoms with Crippen LogP contribution in [0, 0.1) is 0 Å². The van der Waals surface area contributed by atoms with Gasteiger partial charge in [0.1, 0.15) is 16.0 Å². The molecule has 0 aromatic heterocycles. The van der Waals surface area contributed by atoms with Crippen molar-refractivity contribution in [3.8, 4) is 11.5 Å². The lowest BCUT2D eigenvalue weighted by Gasteiger charge is -2.27. The average molecular weight is 330 g/mol. The number of nitrogens with one attached hydrogen (secondary N) is 1. The molecule has 1 saturated heterocycles. The van der Waals surface area contributed by atoms with Crippen molar-refractivity contribution in [2.24, 2.45) is 0 Å². The fourth-order valence-electron chi connectivity index (χ4n) is 2.38. The summed E-state index contributed by atoms with van der Waals surface area (Å²) in [7, 11) is 3.35. The summed E-state index contributed by atoms with van der Waals surface area (Å²) in [6.07, 6.45) is 0.926. The predicted octanol–water partition coefficient (Wildman–Crippen LogP) is 2.69. The number of halogens is 1. The summed E-state index contributed by atoms with van der Waals surface area (Å²) in [5.74, 6) is 1.63. The van der Waals surface area contributed by atoms with Crippen molar-refractivity contribution in [2.75, 3.05) is 33.9 Å². The summed E-state index contributed by atoms with van der Waals surface area (Å²) in [6, 6.07) is 2.13. The molecule has 1 heterocycles. The Bertz CT molecular complexity index is 445. The largest absolute Gasteiger partial charge is 0.495 e. The lowest BCUT2D eigenvalue weighted by atomic mass is 10.0. The molecule has 2 rings (SSSR count). The van der Waals surface area contributed by atoms with Crippen LogP contribution in [0.5, 0.6) is 11.5 Å². The van der Waals surface area contributed by atoms with E-state index in [0.29, 0.717) is 0 Å². The smallest absolute Gasteiger partial charge is 0.142 e. The maximum Gasteiger partial charge on any atom is 0.142 e. The molecule has 5 heteroatoms. The zero-order valence-corrected chi connectivity index (χ0v) is 13.2. The van der Waals surface area contributed by atoms with Gasteiger partial charge >= 0.3 is 0 Å². The topological polar surface area (TPSA) is 39.7 Å². The molecule has 4 nitrogen and oxygen atoms in total. The van der Waals surface area contributed by atoms with Crippen molar-refractivity contribution in [3.63, 3.8) is 0 Å². The van der Waals surface area contributed by atoms with Gasteiger partial charge in [-0.3, -0.25) is 0 Å². The summed E-state index contributed by atoms with van der Waals surface area (Å²) in [5, 5.41) is 3.34. The predicted molar refractivity (Wildman–Crippen MR) is 78.2 cm³/mol. The van der Waals surface area contributed by atoms with Gasteiger partial charge in [0.15, 0.2) is 0 Å². The van der Waals surface area contributed by atoms with Crippen molar-refractivity contribution in [3.05, 3.63) is 21.7 Å². The standard InChI is InChI=1S/C14H20BrNO3/c1-4-9-7-10(11-8-16-5-6-19-11)14(18-3)12(15)13(9)17-2/h7,11,16H,4-6,8H2,1-3H3. The molecule has 0 aliphatic carbocycles. The normalized spacial score (nSPS) is 19.3. The molecule has 1 aliphatic rings. The van der Waals surface area contributed by atoms with Gasteiger partial charge in [-0.2, -0.15) is 0 Å². The molecule has 0 bridgehead atoms. The van der Waals surface area contributed by atoms with Crippen LogP contribution >= 0.6 is 15.9 Å². The van der Waals surface area contributed by atoms with Crippen LogP contribution in [0.2, 0.25) is 0 Å². The number of aryl methyl sites for hydroxylation is 1. The molecule has 1 aliphatic heterocycles. The van der Waals surface area contributed by atoms with Gasteiger partial charge in [-0.15, -0.1) is 0 Å². The first-order chi connectivity index (χ1) is 9.22. The minimum absolute atomic E-state index is 0.0243. The van der Waals surface area contributed by atoms with Crippen molar-refractivity contribution >= 4 is 15.9 Å². The molecule has 1 fully saturated rings. The van der Waals surface area contributed by atoms with Crippen LogP contribution in [-0.2, 0) is 11.2 Å². The van der Waals surface area contributed by atoms with Gasteiger partial charge in [-0.1, -0.05) is 6.92 Å². The van der Waals surface area contributed by atoms with Crippen LogP contribution in [0.3, 0.4) is 0 Å². The molecule has 1 unspecified atom stereocenters. The molecule has 1 aromatic carbocycles. The Labute approximate surface area is 122 Å². The quantitative estimate of drug-likeness (QED) is 0.921. The monoisotopic (exact) mass is 329 g/mol. The highest BCUT2D eigenvalue weighted by molar-refractivity contribution is 9.10. The van der Waals surface area contributed by atoms with Gasteiger partial charge in [0, 0.05) is 18.7 Å².